The van der Waals surface area contributed by atoms with Gasteiger partial charge in [0.05, 0.1) is 0 Å². The summed E-state index contributed by atoms with van der Waals surface area (Å²) in [6.45, 7) is 6.76. The molecule has 0 aromatic heterocycles. The Balaban J connectivity index is 0.00000132. The molecule has 4 nitrogen and oxygen atoms in total. The first-order valence-electron chi connectivity index (χ1n) is 8.05. The van der Waals surface area contributed by atoms with Crippen molar-refractivity contribution in [2.45, 2.75) is 32.2 Å². The van der Waals surface area contributed by atoms with Crippen LogP contribution in [0.1, 0.15) is 24.8 Å². The number of nitrogens with one attached hydrogen (secondary N) is 1. The lowest BCUT2D eigenvalue weighted by Gasteiger charge is -2.36. The van der Waals surface area contributed by atoms with Gasteiger partial charge < -0.3 is 15.1 Å². The second kappa shape index (κ2) is 9.36. The van der Waals surface area contributed by atoms with E-state index in [-0.39, 0.29) is 24.8 Å². The SMILES string of the molecule is Cc1cccc(N2CCN(C(=O)CC3CCCN3)CC2)c1.Cl.Cl. The molecular weight excluding hydrogens is 333 g/mol. The molecule has 6 heteroatoms. The van der Waals surface area contributed by atoms with E-state index < -0.39 is 0 Å². The number of carbonyl (C=O) groups is 1. The van der Waals surface area contributed by atoms with E-state index in [2.05, 4.69) is 41.4 Å². The van der Waals surface area contributed by atoms with Gasteiger partial charge in [0.1, 0.15) is 0 Å². The average molecular weight is 360 g/mol. The van der Waals surface area contributed by atoms with E-state index in [1.54, 1.807) is 0 Å². The first-order chi connectivity index (χ1) is 10.2. The summed E-state index contributed by atoms with van der Waals surface area (Å²) in [5, 5.41) is 3.41. The third kappa shape index (κ3) is 5.27. The number of piperazine rings is 1. The van der Waals surface area contributed by atoms with Crippen LogP contribution in [-0.2, 0) is 4.79 Å². The number of nitrogens with zero attached hydrogens (tertiary/aromatic N) is 2. The van der Waals surface area contributed by atoms with Gasteiger partial charge in [-0.1, -0.05) is 12.1 Å². The predicted molar refractivity (Wildman–Crippen MR) is 100 cm³/mol. The van der Waals surface area contributed by atoms with Crippen LogP contribution in [0.2, 0.25) is 0 Å². The monoisotopic (exact) mass is 359 g/mol. The van der Waals surface area contributed by atoms with Crippen LogP contribution in [0.25, 0.3) is 0 Å². The predicted octanol–water partition coefficient (Wildman–Crippen LogP) is 2.63. The Morgan fingerprint density at radius 3 is 2.57 bits per heavy atom. The van der Waals surface area contributed by atoms with E-state index in [4.69, 9.17) is 0 Å². The molecule has 1 aromatic carbocycles. The fourth-order valence-electron chi connectivity index (χ4n) is 3.31. The van der Waals surface area contributed by atoms with Gasteiger partial charge in [0.25, 0.3) is 0 Å². The van der Waals surface area contributed by atoms with Crippen LogP contribution in [-0.4, -0.2) is 49.6 Å². The lowest BCUT2D eigenvalue weighted by atomic mass is 10.1. The molecule has 1 amide bonds. The second-order valence-electron chi connectivity index (χ2n) is 6.20. The molecule has 1 N–H and O–H groups in total. The van der Waals surface area contributed by atoms with Crippen molar-refractivity contribution in [1.82, 2.24) is 10.2 Å². The van der Waals surface area contributed by atoms with Gasteiger partial charge in [0.2, 0.25) is 5.91 Å². The Bertz CT molecular complexity index is 498. The number of halogens is 2. The zero-order chi connectivity index (χ0) is 14.7. The summed E-state index contributed by atoms with van der Waals surface area (Å²) < 4.78 is 0. The van der Waals surface area contributed by atoms with Gasteiger partial charge in [0, 0.05) is 44.3 Å². The van der Waals surface area contributed by atoms with Crippen molar-refractivity contribution in [3.63, 3.8) is 0 Å². The molecule has 2 aliphatic rings. The molecule has 2 saturated heterocycles. The number of rotatable bonds is 3. The van der Waals surface area contributed by atoms with Crippen LogP contribution in [0.15, 0.2) is 24.3 Å². The van der Waals surface area contributed by atoms with Crippen molar-refractivity contribution in [3.8, 4) is 0 Å². The number of benzene rings is 1. The first kappa shape index (κ1) is 20.1. The van der Waals surface area contributed by atoms with Crippen LogP contribution in [0.5, 0.6) is 0 Å². The molecule has 0 radical (unpaired) electrons. The number of hydrogen-bond donors (Lipinski definition) is 1. The summed E-state index contributed by atoms with van der Waals surface area (Å²) in [5.74, 6) is 0.318. The lowest BCUT2D eigenvalue weighted by molar-refractivity contribution is -0.131. The van der Waals surface area contributed by atoms with Gasteiger partial charge in [-0.3, -0.25) is 4.79 Å². The average Bonchev–Trinajstić information content (AvgIpc) is 3.00. The number of hydrogen-bond acceptors (Lipinski definition) is 3. The van der Waals surface area contributed by atoms with E-state index in [1.165, 1.54) is 17.7 Å². The summed E-state index contributed by atoms with van der Waals surface area (Å²) in [6, 6.07) is 9.02. The molecule has 0 saturated carbocycles. The van der Waals surface area contributed by atoms with Crippen LogP contribution in [0.3, 0.4) is 0 Å². The minimum Gasteiger partial charge on any atom is -0.368 e. The van der Waals surface area contributed by atoms with E-state index in [1.807, 2.05) is 4.90 Å². The van der Waals surface area contributed by atoms with Gasteiger partial charge in [0.15, 0.2) is 0 Å². The second-order valence-corrected chi connectivity index (χ2v) is 6.20. The zero-order valence-electron chi connectivity index (χ0n) is 13.7. The van der Waals surface area contributed by atoms with E-state index in [9.17, 15) is 4.79 Å². The Labute approximate surface area is 151 Å². The third-order valence-electron chi connectivity index (χ3n) is 4.58. The van der Waals surface area contributed by atoms with Crippen LogP contribution in [0, 0.1) is 6.92 Å². The van der Waals surface area contributed by atoms with Gasteiger partial charge >= 0.3 is 0 Å². The van der Waals surface area contributed by atoms with Gasteiger partial charge in [-0.2, -0.15) is 0 Å². The normalized spacial score (nSPS) is 20.7. The fourth-order valence-corrected chi connectivity index (χ4v) is 3.31. The van der Waals surface area contributed by atoms with Crippen molar-refractivity contribution in [2.75, 3.05) is 37.6 Å². The van der Waals surface area contributed by atoms with Crippen LogP contribution < -0.4 is 10.2 Å². The smallest absolute Gasteiger partial charge is 0.224 e. The van der Waals surface area contributed by atoms with Crippen LogP contribution >= 0.6 is 24.8 Å². The lowest BCUT2D eigenvalue weighted by Crippen LogP contribution is -2.49. The van der Waals surface area contributed by atoms with Gasteiger partial charge in [-0.05, 0) is 44.0 Å². The topological polar surface area (TPSA) is 35.6 Å². The Hall–Kier alpha value is -0.970. The Kier molecular flexibility index (Phi) is 8.17. The van der Waals surface area contributed by atoms with E-state index in [0.29, 0.717) is 18.4 Å². The molecular formula is C17H27Cl2N3O. The molecule has 0 spiro atoms. The molecule has 2 heterocycles. The third-order valence-corrected chi connectivity index (χ3v) is 4.58. The highest BCUT2D eigenvalue weighted by Crippen LogP contribution is 2.18. The number of carbonyl (C=O) groups excluding carboxylic acids is 1. The molecule has 23 heavy (non-hydrogen) atoms. The summed E-state index contributed by atoms with van der Waals surface area (Å²) >= 11 is 0. The van der Waals surface area contributed by atoms with Gasteiger partial charge in [-0.15, -0.1) is 24.8 Å². The molecule has 1 atom stereocenters. The van der Waals surface area contributed by atoms with Crippen molar-refractivity contribution in [3.05, 3.63) is 29.8 Å². The molecule has 2 aliphatic heterocycles. The standard InChI is InChI=1S/C17H25N3O.2ClH/c1-14-4-2-6-16(12-14)19-8-10-20(11-9-19)17(21)13-15-5-3-7-18-15;;/h2,4,6,12,15,18H,3,5,7-11,13H2,1H3;2*1H. The number of aryl methyl sites for hydroxylation is 1. The highest BCUT2D eigenvalue weighted by atomic mass is 35.5. The van der Waals surface area contributed by atoms with Crippen molar-refractivity contribution in [1.29, 1.82) is 0 Å². The fraction of sp³-hybridized carbons (Fsp3) is 0.588. The van der Waals surface area contributed by atoms with Crippen molar-refractivity contribution < 1.29 is 4.79 Å². The minimum absolute atomic E-state index is 0. The number of anilines is 1. The maximum absolute atomic E-state index is 12.3. The summed E-state index contributed by atoms with van der Waals surface area (Å²) in [6.07, 6.45) is 3.03. The Morgan fingerprint density at radius 2 is 1.96 bits per heavy atom. The maximum atomic E-state index is 12.3. The summed E-state index contributed by atoms with van der Waals surface area (Å²) in [7, 11) is 0. The highest BCUT2D eigenvalue weighted by Gasteiger charge is 2.24. The molecule has 2 fully saturated rings. The molecule has 3 rings (SSSR count). The van der Waals surface area contributed by atoms with Crippen molar-refractivity contribution >= 4 is 36.4 Å². The van der Waals surface area contributed by atoms with Crippen molar-refractivity contribution in [2.24, 2.45) is 0 Å². The molecule has 1 unspecified atom stereocenters. The Morgan fingerprint density at radius 1 is 1.22 bits per heavy atom. The van der Waals surface area contributed by atoms with E-state index in [0.717, 1.165) is 39.1 Å². The zero-order valence-corrected chi connectivity index (χ0v) is 15.3. The largest absolute Gasteiger partial charge is 0.368 e. The molecule has 130 valence electrons. The quantitative estimate of drug-likeness (QED) is 0.900. The molecule has 0 aliphatic carbocycles. The number of amides is 1. The van der Waals surface area contributed by atoms with E-state index >= 15 is 0 Å². The maximum Gasteiger partial charge on any atom is 0.224 e. The molecule has 0 bridgehead atoms. The summed E-state index contributed by atoms with van der Waals surface area (Å²) in [5.41, 5.74) is 2.57. The van der Waals surface area contributed by atoms with Crippen LogP contribution in [0.4, 0.5) is 5.69 Å². The first-order valence-corrected chi connectivity index (χ1v) is 8.05. The highest BCUT2D eigenvalue weighted by molar-refractivity contribution is 5.85. The minimum atomic E-state index is 0. The summed E-state index contributed by atoms with van der Waals surface area (Å²) in [4.78, 5) is 16.7. The van der Waals surface area contributed by atoms with Gasteiger partial charge in [-0.25, -0.2) is 0 Å². The molecule has 1 aromatic rings.